The van der Waals surface area contributed by atoms with Crippen LogP contribution in [0.25, 0.3) is 0 Å². The summed E-state index contributed by atoms with van der Waals surface area (Å²) in [6, 6.07) is 12.8. The average molecular weight is 302 g/mol. The number of nitrogens with one attached hydrogen (secondary N) is 1. The number of amides is 1. The largest absolute Gasteiger partial charge is 0.378 e. The Morgan fingerprint density at radius 1 is 1.29 bits per heavy atom. The molecule has 1 atom stereocenters. The molecule has 2 N–H and O–H groups in total. The smallest absolute Gasteiger partial charge is 0.273 e. The summed E-state index contributed by atoms with van der Waals surface area (Å²) in [5, 5.41) is 14.0. The molecule has 4 nitrogen and oxygen atoms in total. The highest BCUT2D eigenvalue weighted by atomic mass is 32.1. The van der Waals surface area contributed by atoms with Gasteiger partial charge in [0.05, 0.1) is 10.6 Å². The first-order valence-corrected chi connectivity index (χ1v) is 7.59. The van der Waals surface area contributed by atoms with E-state index in [1.54, 1.807) is 35.6 Å². The molecule has 2 rings (SSSR count). The Morgan fingerprint density at radius 2 is 2.00 bits per heavy atom. The summed E-state index contributed by atoms with van der Waals surface area (Å²) in [6.45, 7) is 3.93. The van der Waals surface area contributed by atoms with Crippen molar-refractivity contribution in [2.75, 3.05) is 0 Å². The van der Waals surface area contributed by atoms with Crippen LogP contribution in [-0.2, 0) is 11.2 Å². The van der Waals surface area contributed by atoms with E-state index in [4.69, 9.17) is 0 Å². The van der Waals surface area contributed by atoms with Gasteiger partial charge in [-0.2, -0.15) is 5.10 Å². The summed E-state index contributed by atoms with van der Waals surface area (Å²) in [4.78, 5) is 14.2. The molecule has 0 bridgehead atoms. The second-order valence-corrected chi connectivity index (χ2v) is 5.77. The molecular weight excluding hydrogens is 284 g/mol. The lowest BCUT2D eigenvalue weighted by atomic mass is 10.1. The maximum atomic E-state index is 11.9. The molecule has 2 aromatic rings. The zero-order valence-electron chi connectivity index (χ0n) is 12.0. The predicted molar refractivity (Wildman–Crippen MR) is 85.5 cm³/mol. The van der Waals surface area contributed by atoms with Crippen molar-refractivity contribution in [3.63, 3.8) is 0 Å². The van der Waals surface area contributed by atoms with Gasteiger partial charge in [0, 0.05) is 4.88 Å². The van der Waals surface area contributed by atoms with Gasteiger partial charge >= 0.3 is 0 Å². The summed E-state index contributed by atoms with van der Waals surface area (Å²) in [7, 11) is 0. The Kier molecular flexibility index (Phi) is 5.25. The van der Waals surface area contributed by atoms with E-state index in [1.807, 2.05) is 19.1 Å². The standard InChI is InChI=1S/C16H18N2O2S/c1-3-13-9-10-14(21-13)11(2)17-18-16(20)15(19)12-7-5-4-6-8-12/h4-10,15,19H,3H2,1-2H3,(H,18,20)/t15-/m1/s1. The molecule has 110 valence electrons. The van der Waals surface area contributed by atoms with Crippen molar-refractivity contribution in [3.8, 4) is 0 Å². The molecular formula is C16H18N2O2S. The molecule has 1 aromatic heterocycles. The lowest BCUT2D eigenvalue weighted by Gasteiger charge is -2.09. The Morgan fingerprint density at radius 3 is 2.62 bits per heavy atom. The minimum absolute atomic E-state index is 0.534. The molecule has 21 heavy (non-hydrogen) atoms. The quantitative estimate of drug-likeness (QED) is 0.659. The van der Waals surface area contributed by atoms with E-state index >= 15 is 0 Å². The van der Waals surface area contributed by atoms with Gasteiger partial charge in [0.25, 0.3) is 5.91 Å². The van der Waals surface area contributed by atoms with Crippen molar-refractivity contribution in [1.29, 1.82) is 0 Å². The van der Waals surface area contributed by atoms with E-state index in [1.165, 1.54) is 4.88 Å². The van der Waals surface area contributed by atoms with E-state index in [-0.39, 0.29) is 0 Å². The maximum absolute atomic E-state index is 11.9. The van der Waals surface area contributed by atoms with Gasteiger partial charge < -0.3 is 5.11 Å². The van der Waals surface area contributed by atoms with Crippen LogP contribution in [0.15, 0.2) is 47.6 Å². The van der Waals surface area contributed by atoms with Gasteiger partial charge in [-0.25, -0.2) is 5.43 Å². The molecule has 0 fully saturated rings. The number of carbonyl (C=O) groups is 1. The minimum atomic E-state index is -1.21. The van der Waals surface area contributed by atoms with Crippen molar-refractivity contribution in [3.05, 3.63) is 57.8 Å². The normalized spacial score (nSPS) is 13.0. The van der Waals surface area contributed by atoms with Crippen LogP contribution in [-0.4, -0.2) is 16.7 Å². The number of hydrogen-bond acceptors (Lipinski definition) is 4. The second kappa shape index (κ2) is 7.15. The van der Waals surface area contributed by atoms with Crippen molar-refractivity contribution in [2.24, 2.45) is 5.10 Å². The Bertz CT molecular complexity index is 635. The van der Waals surface area contributed by atoms with Gasteiger partial charge in [-0.15, -0.1) is 11.3 Å². The minimum Gasteiger partial charge on any atom is -0.378 e. The van der Waals surface area contributed by atoms with Crippen LogP contribution in [0.1, 0.15) is 35.3 Å². The number of hydrazone groups is 1. The van der Waals surface area contributed by atoms with Gasteiger partial charge in [0.15, 0.2) is 6.10 Å². The fraction of sp³-hybridized carbons (Fsp3) is 0.250. The molecule has 0 saturated heterocycles. The molecule has 5 heteroatoms. The highest BCUT2D eigenvalue weighted by Gasteiger charge is 2.16. The third-order valence-electron chi connectivity index (χ3n) is 3.06. The van der Waals surface area contributed by atoms with Crippen molar-refractivity contribution >= 4 is 23.0 Å². The first kappa shape index (κ1) is 15.4. The first-order valence-electron chi connectivity index (χ1n) is 6.78. The van der Waals surface area contributed by atoms with Crippen LogP contribution in [0.5, 0.6) is 0 Å². The summed E-state index contributed by atoms with van der Waals surface area (Å²) in [5.41, 5.74) is 3.69. The first-order chi connectivity index (χ1) is 10.1. The molecule has 1 aromatic carbocycles. The number of rotatable bonds is 5. The molecule has 0 spiro atoms. The molecule has 0 unspecified atom stereocenters. The number of nitrogens with zero attached hydrogens (tertiary/aromatic N) is 1. The zero-order chi connectivity index (χ0) is 15.2. The van der Waals surface area contributed by atoms with E-state index in [9.17, 15) is 9.90 Å². The Balaban J connectivity index is 2.01. The number of aliphatic hydroxyl groups is 1. The SMILES string of the molecule is CCc1ccc(C(C)=NNC(=O)[C@H](O)c2ccccc2)s1. The fourth-order valence-electron chi connectivity index (χ4n) is 1.80. The van der Waals surface area contributed by atoms with Crippen LogP contribution in [0.2, 0.25) is 0 Å². The molecule has 0 saturated carbocycles. The summed E-state index contributed by atoms with van der Waals surface area (Å²) >= 11 is 1.65. The maximum Gasteiger partial charge on any atom is 0.273 e. The van der Waals surface area contributed by atoms with Crippen molar-refractivity contribution in [1.82, 2.24) is 5.43 Å². The van der Waals surface area contributed by atoms with Crippen LogP contribution < -0.4 is 5.43 Å². The number of thiophene rings is 1. The number of aryl methyl sites for hydroxylation is 1. The highest BCUT2D eigenvalue weighted by molar-refractivity contribution is 7.14. The average Bonchev–Trinajstić information content (AvgIpc) is 3.01. The fourth-order valence-corrected chi connectivity index (χ4v) is 2.70. The lowest BCUT2D eigenvalue weighted by Crippen LogP contribution is -2.26. The van der Waals surface area contributed by atoms with Crippen LogP contribution in [0.3, 0.4) is 0 Å². The molecule has 0 aliphatic carbocycles. The molecule has 1 heterocycles. The molecule has 0 aliphatic heterocycles. The number of carbonyl (C=O) groups excluding carboxylic acids is 1. The summed E-state index contributed by atoms with van der Waals surface area (Å²) in [5.74, 6) is -0.534. The third kappa shape index (κ3) is 4.00. The van der Waals surface area contributed by atoms with Gasteiger partial charge in [-0.1, -0.05) is 37.3 Å². The highest BCUT2D eigenvalue weighted by Crippen LogP contribution is 2.17. The van der Waals surface area contributed by atoms with E-state index in [2.05, 4.69) is 23.5 Å². The summed E-state index contributed by atoms with van der Waals surface area (Å²) in [6.07, 6.45) is -0.228. The Hall–Kier alpha value is -1.98. The van der Waals surface area contributed by atoms with Crippen LogP contribution >= 0.6 is 11.3 Å². The van der Waals surface area contributed by atoms with Crippen molar-refractivity contribution < 1.29 is 9.90 Å². The monoisotopic (exact) mass is 302 g/mol. The van der Waals surface area contributed by atoms with Gasteiger partial charge in [-0.3, -0.25) is 4.79 Å². The summed E-state index contributed by atoms with van der Waals surface area (Å²) < 4.78 is 0. The number of aliphatic hydroxyl groups excluding tert-OH is 1. The molecule has 1 amide bonds. The zero-order valence-corrected chi connectivity index (χ0v) is 12.9. The van der Waals surface area contributed by atoms with Gasteiger partial charge in [-0.05, 0) is 31.0 Å². The van der Waals surface area contributed by atoms with Crippen LogP contribution in [0.4, 0.5) is 0 Å². The number of benzene rings is 1. The van der Waals surface area contributed by atoms with E-state index in [0.29, 0.717) is 5.56 Å². The van der Waals surface area contributed by atoms with Gasteiger partial charge in [0.2, 0.25) is 0 Å². The molecule has 0 radical (unpaired) electrons. The van der Waals surface area contributed by atoms with Crippen LogP contribution in [0, 0.1) is 0 Å². The second-order valence-electron chi connectivity index (χ2n) is 4.61. The third-order valence-corrected chi connectivity index (χ3v) is 4.40. The number of hydrogen-bond donors (Lipinski definition) is 2. The topological polar surface area (TPSA) is 61.7 Å². The van der Waals surface area contributed by atoms with E-state index < -0.39 is 12.0 Å². The predicted octanol–water partition coefficient (Wildman–Crippen LogP) is 2.88. The van der Waals surface area contributed by atoms with Crippen molar-refractivity contribution in [2.45, 2.75) is 26.4 Å². The Labute approximate surface area is 128 Å². The lowest BCUT2D eigenvalue weighted by molar-refractivity contribution is -0.129. The van der Waals surface area contributed by atoms with Gasteiger partial charge in [0.1, 0.15) is 0 Å². The molecule has 0 aliphatic rings. The van der Waals surface area contributed by atoms with E-state index in [0.717, 1.165) is 17.0 Å².